The third-order valence-corrected chi connectivity index (χ3v) is 13.7. The number of likely N-dealkylation sites (tertiary alicyclic amines) is 1. The van der Waals surface area contributed by atoms with Crippen molar-refractivity contribution in [3.05, 3.63) is 0 Å². The predicted molar refractivity (Wildman–Crippen MR) is 260 cm³/mol. The van der Waals surface area contributed by atoms with Crippen LogP contribution >= 0.6 is 0 Å². The zero-order valence-electron chi connectivity index (χ0n) is 41.8. The molecule has 1 aliphatic heterocycles. The molecule has 0 spiro atoms. The van der Waals surface area contributed by atoms with Gasteiger partial charge in [0.1, 0.15) is 0 Å². The number of carbonyl (C=O) groups is 2. The van der Waals surface area contributed by atoms with E-state index in [9.17, 15) is 14.7 Å². The molecule has 8 nitrogen and oxygen atoms in total. The van der Waals surface area contributed by atoms with Crippen molar-refractivity contribution < 1.29 is 24.2 Å². The van der Waals surface area contributed by atoms with Crippen LogP contribution in [0.15, 0.2) is 0 Å². The van der Waals surface area contributed by atoms with E-state index >= 15 is 0 Å². The van der Waals surface area contributed by atoms with Crippen molar-refractivity contribution >= 4 is 11.9 Å². The molecule has 1 N–H and O–H groups in total. The maximum Gasteiger partial charge on any atom is 0.305 e. The van der Waals surface area contributed by atoms with Crippen LogP contribution in [0.25, 0.3) is 0 Å². The normalized spacial score (nSPS) is 15.4. The van der Waals surface area contributed by atoms with Crippen LogP contribution in [-0.2, 0) is 19.1 Å². The molecule has 0 radical (unpaired) electrons. The Labute approximate surface area is 379 Å². The van der Waals surface area contributed by atoms with Crippen LogP contribution in [-0.4, -0.2) is 110 Å². The van der Waals surface area contributed by atoms with E-state index in [4.69, 9.17) is 9.47 Å². The number of likely N-dealkylation sites (N-methyl/N-ethyl adjacent to an activating group) is 1. The van der Waals surface area contributed by atoms with Gasteiger partial charge in [-0.15, -0.1) is 0 Å². The fourth-order valence-electron chi connectivity index (χ4n) is 9.15. The largest absolute Gasteiger partial charge is 0.465 e. The van der Waals surface area contributed by atoms with Crippen LogP contribution < -0.4 is 0 Å². The number of hydrogen-bond acceptors (Lipinski definition) is 8. The summed E-state index contributed by atoms with van der Waals surface area (Å²) in [7, 11) is 2.09. The van der Waals surface area contributed by atoms with Gasteiger partial charge in [-0.05, 0) is 96.3 Å². The first-order valence-corrected chi connectivity index (χ1v) is 26.8. The molecular formula is C53H105N3O5. The van der Waals surface area contributed by atoms with Crippen molar-refractivity contribution in [2.24, 2.45) is 11.8 Å². The van der Waals surface area contributed by atoms with Crippen molar-refractivity contribution in [2.45, 2.75) is 246 Å². The zero-order chi connectivity index (χ0) is 44.7. The molecule has 0 aromatic rings. The molecule has 2 unspecified atom stereocenters. The average molecular weight is 864 g/mol. The van der Waals surface area contributed by atoms with E-state index in [1.807, 2.05) is 0 Å². The number of hydrogen-bond donors (Lipinski definition) is 1. The summed E-state index contributed by atoms with van der Waals surface area (Å²) in [5, 5.41) is 11.2. The summed E-state index contributed by atoms with van der Waals surface area (Å²) in [6, 6.07) is 0. The molecule has 0 amide bonds. The lowest BCUT2D eigenvalue weighted by atomic mass is 9.91. The Morgan fingerprint density at radius 3 is 1.39 bits per heavy atom. The van der Waals surface area contributed by atoms with Crippen LogP contribution in [0.1, 0.15) is 240 Å². The van der Waals surface area contributed by atoms with E-state index in [1.165, 1.54) is 154 Å². The van der Waals surface area contributed by atoms with Gasteiger partial charge >= 0.3 is 11.9 Å². The monoisotopic (exact) mass is 864 g/mol. The number of unbranched alkanes of at least 4 members (excludes halogenated alkanes) is 18. The van der Waals surface area contributed by atoms with Gasteiger partial charge in [0, 0.05) is 45.6 Å². The summed E-state index contributed by atoms with van der Waals surface area (Å²) in [4.78, 5) is 33.1. The van der Waals surface area contributed by atoms with Crippen LogP contribution in [0.4, 0.5) is 0 Å². The van der Waals surface area contributed by atoms with Gasteiger partial charge < -0.3 is 29.3 Å². The van der Waals surface area contributed by atoms with E-state index in [-0.39, 0.29) is 11.9 Å². The number of piperidine rings is 1. The van der Waals surface area contributed by atoms with E-state index < -0.39 is 5.60 Å². The summed E-state index contributed by atoms with van der Waals surface area (Å²) in [5.41, 5.74) is -0.588. The highest BCUT2D eigenvalue weighted by Gasteiger charge is 2.33. The second kappa shape index (κ2) is 40.3. The Hall–Kier alpha value is -1.22. The fraction of sp³-hybridized carbons (Fsp3) is 0.962. The highest BCUT2D eigenvalue weighted by atomic mass is 16.5. The quantitative estimate of drug-likeness (QED) is 0.0479. The molecule has 0 aromatic carbocycles. The van der Waals surface area contributed by atoms with Crippen molar-refractivity contribution in [3.63, 3.8) is 0 Å². The summed E-state index contributed by atoms with van der Waals surface area (Å²) < 4.78 is 11.8. The third-order valence-electron chi connectivity index (χ3n) is 13.7. The van der Waals surface area contributed by atoms with Gasteiger partial charge in [-0.3, -0.25) is 9.59 Å². The number of nitrogens with zero attached hydrogens (tertiary/aromatic N) is 3. The van der Waals surface area contributed by atoms with Gasteiger partial charge in [0.2, 0.25) is 0 Å². The lowest BCUT2D eigenvalue weighted by Crippen LogP contribution is -2.51. The second-order valence-corrected chi connectivity index (χ2v) is 19.6. The first-order valence-electron chi connectivity index (χ1n) is 26.8. The van der Waals surface area contributed by atoms with E-state index in [1.54, 1.807) is 0 Å². The van der Waals surface area contributed by atoms with Crippen molar-refractivity contribution in [1.82, 2.24) is 14.7 Å². The number of rotatable bonds is 44. The predicted octanol–water partition coefficient (Wildman–Crippen LogP) is 13.2. The Bertz CT molecular complexity index is 989. The van der Waals surface area contributed by atoms with Crippen LogP contribution in [0.2, 0.25) is 0 Å². The molecule has 8 heteroatoms. The van der Waals surface area contributed by atoms with Crippen LogP contribution in [0.3, 0.4) is 0 Å². The second-order valence-electron chi connectivity index (χ2n) is 19.6. The molecule has 1 rings (SSSR count). The van der Waals surface area contributed by atoms with Crippen LogP contribution in [0.5, 0.6) is 0 Å². The van der Waals surface area contributed by atoms with Crippen molar-refractivity contribution in [1.29, 1.82) is 0 Å². The lowest BCUT2D eigenvalue weighted by Gasteiger charge is -2.40. The molecule has 0 saturated carbocycles. The van der Waals surface area contributed by atoms with Gasteiger partial charge in [-0.2, -0.15) is 0 Å². The average Bonchev–Trinajstić information content (AvgIpc) is 3.25. The Morgan fingerprint density at radius 2 is 0.934 bits per heavy atom. The molecule has 0 bridgehead atoms. The van der Waals surface area contributed by atoms with Crippen molar-refractivity contribution in [3.8, 4) is 0 Å². The van der Waals surface area contributed by atoms with E-state index in [0.29, 0.717) is 37.9 Å². The van der Waals surface area contributed by atoms with Crippen LogP contribution in [0, 0.1) is 11.8 Å². The van der Waals surface area contributed by atoms with Crippen molar-refractivity contribution in [2.75, 3.05) is 72.6 Å². The summed E-state index contributed by atoms with van der Waals surface area (Å²) in [5.74, 6) is 0.934. The Morgan fingerprint density at radius 1 is 0.541 bits per heavy atom. The first-order chi connectivity index (χ1) is 29.7. The number of esters is 2. The zero-order valence-corrected chi connectivity index (χ0v) is 41.8. The molecule has 1 saturated heterocycles. The fourth-order valence-corrected chi connectivity index (χ4v) is 9.15. The molecular weight excluding hydrogens is 759 g/mol. The minimum atomic E-state index is -0.588. The number of ether oxygens (including phenoxy) is 2. The molecule has 1 fully saturated rings. The molecule has 2 atom stereocenters. The molecule has 0 aliphatic carbocycles. The molecule has 1 heterocycles. The molecule has 61 heavy (non-hydrogen) atoms. The summed E-state index contributed by atoms with van der Waals surface area (Å²) >= 11 is 0. The van der Waals surface area contributed by atoms with E-state index in [2.05, 4.69) is 56.4 Å². The minimum Gasteiger partial charge on any atom is -0.465 e. The lowest BCUT2D eigenvalue weighted by molar-refractivity contribution is -0.146. The maximum atomic E-state index is 13.0. The Balaban J connectivity index is 2.61. The van der Waals surface area contributed by atoms with E-state index in [0.717, 1.165) is 90.9 Å². The topological polar surface area (TPSA) is 82.5 Å². The maximum absolute atomic E-state index is 13.0. The molecule has 1 aliphatic rings. The first kappa shape index (κ1) is 57.8. The highest BCUT2D eigenvalue weighted by molar-refractivity contribution is 5.69. The van der Waals surface area contributed by atoms with Gasteiger partial charge in [-0.1, -0.05) is 169 Å². The summed E-state index contributed by atoms with van der Waals surface area (Å²) in [6.45, 7) is 19.7. The van der Waals surface area contributed by atoms with Gasteiger partial charge in [0.05, 0.1) is 18.8 Å². The Kier molecular flexibility index (Phi) is 38.2. The van der Waals surface area contributed by atoms with Gasteiger partial charge in [0.25, 0.3) is 0 Å². The number of aliphatic hydroxyl groups is 1. The summed E-state index contributed by atoms with van der Waals surface area (Å²) in [6.07, 6.45) is 36.9. The minimum absolute atomic E-state index is 0.0257. The SMILES string of the molecule is CCCCCCCCC(CCCCCC)COC(=O)CCCCCN(CCCC(=O)OCC(CCCCCC)CCCCCCCC)CCN1CCC(O)(CN(C)CC)CC1. The van der Waals surface area contributed by atoms with Gasteiger partial charge in [0.15, 0.2) is 0 Å². The smallest absolute Gasteiger partial charge is 0.305 e. The number of carbonyl (C=O) groups excluding carboxylic acids is 2. The molecule has 0 aromatic heterocycles. The highest BCUT2D eigenvalue weighted by Crippen LogP contribution is 2.24. The van der Waals surface area contributed by atoms with Gasteiger partial charge in [-0.25, -0.2) is 0 Å². The molecule has 362 valence electrons. The standard InChI is InChI=1S/C53H105N3O5/c1-7-12-16-20-22-27-34-49(32-25-18-14-9-3)46-60-51(57)36-29-24-30-40-55(44-45-56-42-38-53(59,39-43-56)48-54(6)11-5)41-31-37-52(58)61-47-50(33-26-19-15-10-4)35-28-23-21-17-13-8-2/h49-50,59H,7-48H2,1-6H3. The third kappa shape index (κ3) is 33.9.